The summed E-state index contributed by atoms with van der Waals surface area (Å²) in [6.07, 6.45) is 4.94. The molecular formula is C19H18N2O4. The molecular weight excluding hydrogens is 320 g/mol. The first-order chi connectivity index (χ1) is 12.0. The molecule has 128 valence electrons. The highest BCUT2D eigenvalue weighted by Crippen LogP contribution is 2.58. The summed E-state index contributed by atoms with van der Waals surface area (Å²) >= 11 is 0. The molecule has 1 aliphatic carbocycles. The zero-order valence-electron chi connectivity index (χ0n) is 14.3. The van der Waals surface area contributed by atoms with Crippen LogP contribution in [0.5, 0.6) is 5.75 Å². The third-order valence-corrected chi connectivity index (χ3v) is 5.18. The molecule has 2 heterocycles. The fourth-order valence-electron chi connectivity index (χ4n) is 3.67. The van der Waals surface area contributed by atoms with Crippen molar-refractivity contribution in [3.8, 4) is 16.9 Å². The molecule has 1 aromatic carbocycles. The predicted molar refractivity (Wildman–Crippen MR) is 91.9 cm³/mol. The highest BCUT2D eigenvalue weighted by Gasteiger charge is 2.58. The number of hydrogen-bond donors (Lipinski definition) is 0. The summed E-state index contributed by atoms with van der Waals surface area (Å²) < 4.78 is 10.4. The van der Waals surface area contributed by atoms with Crippen LogP contribution in [0.15, 0.2) is 30.6 Å². The molecule has 4 rings (SSSR count). The largest absolute Gasteiger partial charge is 0.494 e. The normalized spacial score (nSPS) is 16.8. The van der Waals surface area contributed by atoms with Gasteiger partial charge in [0.05, 0.1) is 31.4 Å². The summed E-state index contributed by atoms with van der Waals surface area (Å²) in [6.45, 7) is 0. The Hall–Kier alpha value is -2.89. The van der Waals surface area contributed by atoms with Gasteiger partial charge >= 0.3 is 5.97 Å². The molecule has 2 aromatic rings. The molecule has 0 saturated heterocycles. The van der Waals surface area contributed by atoms with E-state index in [1.54, 1.807) is 43.6 Å². The lowest BCUT2D eigenvalue weighted by molar-refractivity contribution is -0.119. The van der Waals surface area contributed by atoms with Crippen LogP contribution in [0.3, 0.4) is 0 Å². The number of carbonyl (C=O) groups is 2. The van der Waals surface area contributed by atoms with Gasteiger partial charge in [0.2, 0.25) is 5.91 Å². The number of benzene rings is 1. The summed E-state index contributed by atoms with van der Waals surface area (Å²) in [7, 11) is 4.66. The van der Waals surface area contributed by atoms with Gasteiger partial charge in [-0.1, -0.05) is 0 Å². The van der Waals surface area contributed by atoms with Gasteiger partial charge in [0.1, 0.15) is 5.75 Å². The Morgan fingerprint density at radius 3 is 2.64 bits per heavy atom. The maximum atomic E-state index is 12.6. The van der Waals surface area contributed by atoms with Crippen LogP contribution >= 0.6 is 0 Å². The first-order valence-corrected chi connectivity index (χ1v) is 8.07. The molecule has 6 nitrogen and oxygen atoms in total. The molecule has 0 atom stereocenters. The van der Waals surface area contributed by atoms with Gasteiger partial charge in [-0.2, -0.15) is 0 Å². The smallest absolute Gasteiger partial charge is 0.338 e. The molecule has 0 radical (unpaired) electrons. The number of carbonyl (C=O) groups excluding carboxylic acids is 2. The first kappa shape index (κ1) is 15.6. The maximum Gasteiger partial charge on any atom is 0.338 e. The van der Waals surface area contributed by atoms with Crippen LogP contribution in [0.1, 0.15) is 28.8 Å². The molecule has 0 unspecified atom stereocenters. The highest BCUT2D eigenvalue weighted by atomic mass is 16.5. The van der Waals surface area contributed by atoms with Gasteiger partial charge in [-0.3, -0.25) is 9.78 Å². The molecule has 25 heavy (non-hydrogen) atoms. The number of fused-ring (bicyclic) bond motifs is 2. The Kier molecular flexibility index (Phi) is 3.32. The number of anilines is 1. The first-order valence-electron chi connectivity index (χ1n) is 8.07. The van der Waals surface area contributed by atoms with Crippen molar-refractivity contribution in [3.63, 3.8) is 0 Å². The highest BCUT2D eigenvalue weighted by molar-refractivity contribution is 6.12. The summed E-state index contributed by atoms with van der Waals surface area (Å²) in [5.74, 6) is 0.210. The fourth-order valence-corrected chi connectivity index (χ4v) is 3.67. The lowest BCUT2D eigenvalue weighted by atomic mass is 9.90. The molecule has 1 fully saturated rings. The Morgan fingerprint density at radius 2 is 2.00 bits per heavy atom. The van der Waals surface area contributed by atoms with E-state index in [4.69, 9.17) is 9.47 Å². The Bertz CT molecular complexity index is 902. The monoisotopic (exact) mass is 338 g/mol. The number of likely N-dealkylation sites (N-methyl/N-ethyl adjacent to an activating group) is 1. The maximum absolute atomic E-state index is 12.6. The van der Waals surface area contributed by atoms with Crippen molar-refractivity contribution >= 4 is 17.6 Å². The van der Waals surface area contributed by atoms with Crippen molar-refractivity contribution in [1.82, 2.24) is 4.98 Å². The lowest BCUT2D eigenvalue weighted by Gasteiger charge is -2.16. The quantitative estimate of drug-likeness (QED) is 0.805. The van der Waals surface area contributed by atoms with Gasteiger partial charge in [0.15, 0.2) is 0 Å². The third-order valence-electron chi connectivity index (χ3n) is 5.18. The minimum atomic E-state index is -0.450. The predicted octanol–water partition coefficient (Wildman–Crippen LogP) is 2.55. The number of pyridine rings is 1. The van der Waals surface area contributed by atoms with Crippen molar-refractivity contribution < 1.29 is 19.1 Å². The van der Waals surface area contributed by atoms with Gasteiger partial charge in [0.25, 0.3) is 0 Å². The van der Waals surface area contributed by atoms with Gasteiger partial charge in [-0.25, -0.2) is 4.79 Å². The van der Waals surface area contributed by atoms with E-state index < -0.39 is 11.4 Å². The van der Waals surface area contributed by atoms with Crippen molar-refractivity contribution in [3.05, 3.63) is 41.7 Å². The van der Waals surface area contributed by atoms with Crippen LogP contribution < -0.4 is 9.64 Å². The number of ether oxygens (including phenoxy) is 2. The second-order valence-electron chi connectivity index (χ2n) is 6.43. The topological polar surface area (TPSA) is 68.7 Å². The van der Waals surface area contributed by atoms with Crippen molar-refractivity contribution in [2.45, 2.75) is 18.3 Å². The van der Waals surface area contributed by atoms with E-state index in [9.17, 15) is 9.59 Å². The van der Waals surface area contributed by atoms with Crippen LogP contribution in [0, 0.1) is 0 Å². The molecule has 1 spiro atoms. The molecule has 0 N–H and O–H groups in total. The molecule has 6 heteroatoms. The van der Waals surface area contributed by atoms with Crippen LogP contribution in [-0.4, -0.2) is 38.1 Å². The molecule has 1 aliphatic heterocycles. The van der Waals surface area contributed by atoms with Crippen LogP contribution in [0.2, 0.25) is 0 Å². The minimum Gasteiger partial charge on any atom is -0.494 e. The Labute approximate surface area is 145 Å². The standard InChI is InChI=1S/C19H18N2O4/c1-21-15-9-13(17(22)25-3)12(11-4-7-20-10-16(11)24-2)8-14(15)19(5-6-19)18(21)23/h4,7-10H,5-6H2,1-3H3. The van der Waals surface area contributed by atoms with Gasteiger partial charge in [-0.15, -0.1) is 0 Å². The van der Waals surface area contributed by atoms with E-state index >= 15 is 0 Å². The minimum absolute atomic E-state index is 0.0946. The van der Waals surface area contributed by atoms with Gasteiger partial charge in [0, 0.05) is 30.1 Å². The number of nitrogens with zero attached hydrogens (tertiary/aromatic N) is 2. The van der Waals surface area contributed by atoms with E-state index in [1.165, 1.54) is 7.11 Å². The summed E-state index contributed by atoms with van der Waals surface area (Å²) in [6, 6.07) is 5.49. The third kappa shape index (κ3) is 2.06. The second kappa shape index (κ2) is 5.31. The number of rotatable bonds is 3. The molecule has 2 aliphatic rings. The van der Waals surface area contributed by atoms with Crippen molar-refractivity contribution in [2.24, 2.45) is 0 Å². The number of hydrogen-bond acceptors (Lipinski definition) is 5. The van der Waals surface area contributed by atoms with E-state index in [2.05, 4.69) is 4.98 Å². The molecule has 1 saturated carbocycles. The number of amides is 1. The van der Waals surface area contributed by atoms with Gasteiger partial charge in [-0.05, 0) is 36.6 Å². The van der Waals surface area contributed by atoms with E-state index in [1.807, 2.05) is 6.07 Å². The zero-order chi connectivity index (χ0) is 17.8. The van der Waals surface area contributed by atoms with Crippen LogP contribution in [0.4, 0.5) is 5.69 Å². The van der Waals surface area contributed by atoms with Crippen molar-refractivity contribution in [2.75, 3.05) is 26.2 Å². The van der Waals surface area contributed by atoms with Gasteiger partial charge < -0.3 is 14.4 Å². The Morgan fingerprint density at radius 1 is 1.24 bits per heavy atom. The number of aromatic nitrogens is 1. The number of esters is 1. The SMILES string of the molecule is COC(=O)c1cc2c(cc1-c1ccncc1OC)C1(CC1)C(=O)N2C. The van der Waals surface area contributed by atoms with E-state index in [-0.39, 0.29) is 5.91 Å². The summed E-state index contributed by atoms with van der Waals surface area (Å²) in [4.78, 5) is 30.7. The van der Waals surface area contributed by atoms with E-state index in [0.717, 1.165) is 29.7 Å². The summed E-state index contributed by atoms with van der Waals surface area (Å²) in [5.41, 5.74) is 3.18. The second-order valence-corrected chi connectivity index (χ2v) is 6.43. The number of methoxy groups -OCH3 is 2. The molecule has 1 amide bonds. The van der Waals surface area contributed by atoms with Crippen LogP contribution in [0.25, 0.3) is 11.1 Å². The molecule has 0 bridgehead atoms. The van der Waals surface area contributed by atoms with E-state index in [0.29, 0.717) is 16.9 Å². The lowest BCUT2D eigenvalue weighted by Crippen LogP contribution is -2.27. The summed E-state index contributed by atoms with van der Waals surface area (Å²) in [5, 5.41) is 0. The zero-order valence-corrected chi connectivity index (χ0v) is 14.3. The Balaban J connectivity index is 2.00. The molecule has 1 aromatic heterocycles. The fraction of sp³-hybridized carbons (Fsp3) is 0.316. The average Bonchev–Trinajstić information content (AvgIpc) is 3.43. The van der Waals surface area contributed by atoms with Crippen LogP contribution in [-0.2, 0) is 14.9 Å². The van der Waals surface area contributed by atoms with Crippen molar-refractivity contribution in [1.29, 1.82) is 0 Å². The average molecular weight is 338 g/mol.